The molecule has 2 amide bonds. The zero-order valence-corrected chi connectivity index (χ0v) is 18.5. The van der Waals surface area contributed by atoms with Gasteiger partial charge >= 0.3 is 5.97 Å². The molecule has 160 valence electrons. The van der Waals surface area contributed by atoms with E-state index in [0.29, 0.717) is 16.4 Å². The summed E-state index contributed by atoms with van der Waals surface area (Å²) < 4.78 is 5.42. The molecule has 1 saturated carbocycles. The van der Waals surface area contributed by atoms with Gasteiger partial charge in [-0.15, -0.1) is 11.8 Å². The number of ether oxygens (including phenoxy) is 1. The fourth-order valence-corrected chi connectivity index (χ4v) is 4.23. The van der Waals surface area contributed by atoms with Gasteiger partial charge in [-0.25, -0.2) is 4.79 Å². The van der Waals surface area contributed by atoms with Crippen LogP contribution in [-0.2, 0) is 14.3 Å². The second-order valence-electron chi connectivity index (χ2n) is 7.93. The van der Waals surface area contributed by atoms with Gasteiger partial charge in [-0.2, -0.15) is 0 Å². The maximum Gasteiger partial charge on any atom is 0.340 e. The Labute approximate surface area is 177 Å². The van der Waals surface area contributed by atoms with Crippen LogP contribution in [0, 0.1) is 5.92 Å². The molecule has 1 fully saturated rings. The van der Waals surface area contributed by atoms with E-state index in [1.54, 1.807) is 31.2 Å². The van der Waals surface area contributed by atoms with Crippen molar-refractivity contribution in [2.45, 2.75) is 76.5 Å². The Morgan fingerprint density at radius 3 is 2.52 bits per heavy atom. The number of esters is 1. The van der Waals surface area contributed by atoms with Crippen molar-refractivity contribution >= 4 is 29.5 Å². The molecule has 0 bridgehead atoms. The van der Waals surface area contributed by atoms with Crippen LogP contribution in [0.25, 0.3) is 0 Å². The third kappa shape index (κ3) is 7.38. The largest absolute Gasteiger partial charge is 0.449 e. The highest BCUT2D eigenvalue weighted by Crippen LogP contribution is 2.25. The molecule has 1 aromatic rings. The Kier molecular flexibility index (Phi) is 9.01. The molecule has 1 aliphatic rings. The topological polar surface area (TPSA) is 84.5 Å². The number of hydrogen-bond acceptors (Lipinski definition) is 5. The second-order valence-corrected chi connectivity index (χ2v) is 8.95. The smallest absolute Gasteiger partial charge is 0.340 e. The number of benzene rings is 1. The van der Waals surface area contributed by atoms with Gasteiger partial charge in [0, 0.05) is 17.0 Å². The first-order valence-electron chi connectivity index (χ1n) is 10.3. The van der Waals surface area contributed by atoms with Gasteiger partial charge in [-0.3, -0.25) is 9.59 Å². The lowest BCUT2D eigenvalue weighted by molar-refractivity contribution is -0.130. The van der Waals surface area contributed by atoms with Gasteiger partial charge in [0.25, 0.3) is 5.91 Å². The number of thioether (sulfide) groups is 1. The fourth-order valence-electron chi connectivity index (χ4n) is 3.38. The predicted octanol–water partition coefficient (Wildman–Crippen LogP) is 3.54. The van der Waals surface area contributed by atoms with Gasteiger partial charge in [-0.1, -0.05) is 31.9 Å². The third-order valence-corrected chi connectivity index (χ3v) is 6.08. The monoisotopic (exact) mass is 420 g/mol. The Morgan fingerprint density at radius 1 is 1.14 bits per heavy atom. The lowest BCUT2D eigenvalue weighted by atomic mass is 9.86. The van der Waals surface area contributed by atoms with E-state index >= 15 is 0 Å². The molecule has 1 aromatic carbocycles. The molecule has 29 heavy (non-hydrogen) atoms. The van der Waals surface area contributed by atoms with Crippen LogP contribution < -0.4 is 10.6 Å². The van der Waals surface area contributed by atoms with Gasteiger partial charge in [0.15, 0.2) is 6.10 Å². The molecule has 2 rings (SSSR count). The van der Waals surface area contributed by atoms with Gasteiger partial charge < -0.3 is 15.4 Å². The molecule has 0 unspecified atom stereocenters. The SMILES string of the molecule is CC(C)NC(=O)CSc1ccccc1C(=O)O[C@H](C)C(=O)N[C@@H]1CCCC[C@H]1C. The molecular formula is C22H32N2O4S. The lowest BCUT2D eigenvalue weighted by Crippen LogP contribution is -2.46. The average molecular weight is 421 g/mol. The van der Waals surface area contributed by atoms with E-state index in [2.05, 4.69) is 17.6 Å². The number of rotatable bonds is 8. The number of carbonyl (C=O) groups excluding carboxylic acids is 3. The molecule has 3 atom stereocenters. The highest BCUT2D eigenvalue weighted by molar-refractivity contribution is 8.00. The Bertz CT molecular complexity index is 723. The molecule has 0 radical (unpaired) electrons. The highest BCUT2D eigenvalue weighted by atomic mass is 32.2. The number of carbonyl (C=O) groups is 3. The molecule has 0 saturated heterocycles. The van der Waals surface area contributed by atoms with Crippen LogP contribution >= 0.6 is 11.8 Å². The van der Waals surface area contributed by atoms with Crippen LogP contribution in [0.4, 0.5) is 0 Å². The Hall–Kier alpha value is -2.02. The van der Waals surface area contributed by atoms with E-state index in [1.165, 1.54) is 18.2 Å². The summed E-state index contributed by atoms with van der Waals surface area (Å²) in [6, 6.07) is 7.18. The zero-order chi connectivity index (χ0) is 21.4. The minimum absolute atomic E-state index is 0.0644. The van der Waals surface area contributed by atoms with Crippen molar-refractivity contribution in [3.8, 4) is 0 Å². The van der Waals surface area contributed by atoms with Crippen molar-refractivity contribution in [3.63, 3.8) is 0 Å². The second kappa shape index (κ2) is 11.2. The molecule has 0 aliphatic heterocycles. The number of nitrogens with one attached hydrogen (secondary N) is 2. The molecule has 6 nitrogen and oxygen atoms in total. The molecule has 0 aromatic heterocycles. The first-order valence-corrected chi connectivity index (χ1v) is 11.3. The fraction of sp³-hybridized carbons (Fsp3) is 0.591. The van der Waals surface area contributed by atoms with Gasteiger partial charge in [0.1, 0.15) is 0 Å². The van der Waals surface area contributed by atoms with Crippen molar-refractivity contribution in [1.82, 2.24) is 10.6 Å². The molecular weight excluding hydrogens is 388 g/mol. The van der Waals surface area contributed by atoms with Crippen molar-refractivity contribution in [1.29, 1.82) is 0 Å². The normalized spacial score (nSPS) is 20.0. The maximum atomic E-state index is 12.6. The number of hydrogen-bond donors (Lipinski definition) is 2. The van der Waals surface area contributed by atoms with Crippen molar-refractivity contribution in [2.24, 2.45) is 5.92 Å². The summed E-state index contributed by atoms with van der Waals surface area (Å²) in [5.41, 5.74) is 0.362. The zero-order valence-electron chi connectivity index (χ0n) is 17.7. The van der Waals surface area contributed by atoms with Crippen LogP contribution in [0.15, 0.2) is 29.2 Å². The summed E-state index contributed by atoms with van der Waals surface area (Å²) in [5, 5.41) is 5.85. The van der Waals surface area contributed by atoms with Crippen LogP contribution in [0.3, 0.4) is 0 Å². The minimum Gasteiger partial charge on any atom is -0.449 e. The molecule has 0 spiro atoms. The molecule has 0 heterocycles. The summed E-state index contributed by atoms with van der Waals surface area (Å²) in [6.07, 6.45) is 3.50. The van der Waals surface area contributed by atoms with Gasteiger partial charge in [-0.05, 0) is 51.7 Å². The van der Waals surface area contributed by atoms with Gasteiger partial charge in [0.05, 0.1) is 11.3 Å². The van der Waals surface area contributed by atoms with Crippen molar-refractivity contribution in [3.05, 3.63) is 29.8 Å². The summed E-state index contributed by atoms with van der Waals surface area (Å²) in [7, 11) is 0. The summed E-state index contributed by atoms with van der Waals surface area (Å²) in [5.74, 6) is -0.277. The average Bonchev–Trinajstić information content (AvgIpc) is 2.67. The van der Waals surface area contributed by atoms with E-state index in [-0.39, 0.29) is 29.7 Å². The van der Waals surface area contributed by atoms with Crippen LogP contribution in [0.2, 0.25) is 0 Å². The van der Waals surface area contributed by atoms with E-state index < -0.39 is 12.1 Å². The van der Waals surface area contributed by atoms with E-state index in [1.807, 2.05) is 13.8 Å². The van der Waals surface area contributed by atoms with E-state index in [9.17, 15) is 14.4 Å². The quantitative estimate of drug-likeness (QED) is 0.496. The van der Waals surface area contributed by atoms with Gasteiger partial charge in [0.2, 0.25) is 5.91 Å². The van der Waals surface area contributed by atoms with Crippen LogP contribution in [0.5, 0.6) is 0 Å². The summed E-state index contributed by atoms with van der Waals surface area (Å²) in [6.45, 7) is 7.53. The molecule has 2 N–H and O–H groups in total. The summed E-state index contributed by atoms with van der Waals surface area (Å²) in [4.78, 5) is 37.7. The maximum absolute atomic E-state index is 12.6. The van der Waals surface area contributed by atoms with E-state index in [4.69, 9.17) is 4.74 Å². The standard InChI is InChI=1S/C22H32N2O4S/c1-14(2)23-20(25)13-29-19-12-8-6-10-17(19)22(27)28-16(4)21(26)24-18-11-7-5-9-15(18)3/h6,8,10,12,14-16,18H,5,7,9,11,13H2,1-4H3,(H,23,25)(H,24,26)/t15-,16-,18-/m1/s1. The predicted molar refractivity (Wildman–Crippen MR) is 115 cm³/mol. The van der Waals surface area contributed by atoms with Crippen molar-refractivity contribution < 1.29 is 19.1 Å². The lowest BCUT2D eigenvalue weighted by Gasteiger charge is -2.30. The van der Waals surface area contributed by atoms with Crippen LogP contribution in [0.1, 0.15) is 63.7 Å². The first kappa shape index (κ1) is 23.3. The van der Waals surface area contributed by atoms with Crippen LogP contribution in [-0.4, -0.2) is 41.7 Å². The summed E-state index contributed by atoms with van der Waals surface area (Å²) >= 11 is 1.28. The number of amides is 2. The van der Waals surface area contributed by atoms with E-state index in [0.717, 1.165) is 19.3 Å². The highest BCUT2D eigenvalue weighted by Gasteiger charge is 2.27. The molecule has 7 heteroatoms. The Balaban J connectivity index is 1.93. The van der Waals surface area contributed by atoms with Crippen molar-refractivity contribution in [2.75, 3.05) is 5.75 Å². The first-order chi connectivity index (χ1) is 13.8. The third-order valence-electron chi connectivity index (χ3n) is 5.01. The minimum atomic E-state index is -0.876. The Morgan fingerprint density at radius 2 is 1.83 bits per heavy atom. The molecule has 1 aliphatic carbocycles.